The Labute approximate surface area is 345 Å². The van der Waals surface area contributed by atoms with Gasteiger partial charge >= 0.3 is 26.2 Å². The van der Waals surface area contributed by atoms with Crippen molar-refractivity contribution in [2.24, 2.45) is 0 Å². The monoisotopic (exact) mass is 800 g/mol. The van der Waals surface area contributed by atoms with Crippen LogP contribution in [0.25, 0.3) is 39.0 Å². The first-order valence-electron chi connectivity index (χ1n) is 18.2. The molecular weight excluding hydrogens is 751 g/mol. The van der Waals surface area contributed by atoms with Gasteiger partial charge in [-0.05, 0) is 125 Å². The summed E-state index contributed by atoms with van der Waals surface area (Å²) < 4.78 is 0. The molecule has 3 heteroatoms. The molecule has 0 spiro atoms. The summed E-state index contributed by atoms with van der Waals surface area (Å²) in [4.78, 5) is 0. The quantitative estimate of drug-likeness (QED) is 0.172. The molecule has 0 fully saturated rings. The number of rotatable bonds is 5. The third-order valence-electron chi connectivity index (χ3n) is 10.7. The minimum atomic E-state index is -0.0422. The summed E-state index contributed by atoms with van der Waals surface area (Å²) in [6.07, 6.45) is 8.89. The molecule has 0 bridgehead atoms. The Balaban J connectivity index is 0.00000202. The fourth-order valence-electron chi connectivity index (χ4n) is 8.10. The Morgan fingerprint density at radius 3 is 1.63 bits per heavy atom. The maximum atomic E-state index is 2.58. The topological polar surface area (TPSA) is 0 Å². The summed E-state index contributed by atoms with van der Waals surface area (Å²) in [5.41, 5.74) is 19.7. The molecule has 0 radical (unpaired) electrons. The van der Waals surface area contributed by atoms with Crippen molar-refractivity contribution in [3.05, 3.63) is 160 Å². The van der Waals surface area contributed by atoms with E-state index in [0.29, 0.717) is 0 Å². The van der Waals surface area contributed by atoms with Crippen LogP contribution < -0.4 is 24.8 Å². The predicted molar refractivity (Wildman–Crippen MR) is 213 cm³/mol. The second kappa shape index (κ2) is 15.8. The van der Waals surface area contributed by atoms with E-state index in [4.69, 9.17) is 0 Å². The van der Waals surface area contributed by atoms with Crippen LogP contribution in [-0.2, 0) is 48.9 Å². The summed E-state index contributed by atoms with van der Waals surface area (Å²) in [7, 11) is 0. The Hall–Kier alpha value is -2.96. The van der Waals surface area contributed by atoms with Gasteiger partial charge in [-0.1, -0.05) is 165 Å². The largest absolute Gasteiger partial charge is 2.00 e. The zero-order chi connectivity index (χ0) is 34.7. The molecule has 0 N–H and O–H groups in total. The minimum absolute atomic E-state index is 0. The number of hydrogen-bond donors (Lipinski definition) is 0. The van der Waals surface area contributed by atoms with E-state index in [1.807, 2.05) is 0 Å². The molecule has 5 aromatic carbocycles. The number of halogens is 2. The Morgan fingerprint density at radius 1 is 0.558 bits per heavy atom. The van der Waals surface area contributed by atoms with Crippen LogP contribution in [-0.4, -0.2) is 0 Å². The third kappa shape index (κ3) is 7.94. The second-order valence-corrected chi connectivity index (χ2v) is 17.4. The number of benzene rings is 5. The van der Waals surface area contributed by atoms with E-state index >= 15 is 0 Å². The maximum Gasteiger partial charge on any atom is 2.00 e. The summed E-state index contributed by atoms with van der Waals surface area (Å²) in [5, 5.41) is 0. The van der Waals surface area contributed by atoms with Crippen LogP contribution in [0.4, 0.5) is 0 Å². The van der Waals surface area contributed by atoms with Crippen LogP contribution in [0.3, 0.4) is 0 Å². The van der Waals surface area contributed by atoms with Gasteiger partial charge in [0.1, 0.15) is 0 Å². The van der Waals surface area contributed by atoms with Crippen molar-refractivity contribution in [1.29, 1.82) is 0 Å². The summed E-state index contributed by atoms with van der Waals surface area (Å²) in [6.45, 7) is 21.2. The van der Waals surface area contributed by atoms with E-state index in [1.165, 1.54) is 77.9 Å². The van der Waals surface area contributed by atoms with E-state index in [1.54, 1.807) is 0 Å². The normalized spacial score (nSPS) is 14.8. The van der Waals surface area contributed by atoms with Crippen molar-refractivity contribution >= 4 is 5.57 Å². The first-order valence-corrected chi connectivity index (χ1v) is 18.2. The van der Waals surface area contributed by atoms with E-state index in [0.717, 1.165) is 12.8 Å². The van der Waals surface area contributed by atoms with Gasteiger partial charge in [0.2, 0.25) is 0 Å². The molecule has 7 rings (SSSR count). The van der Waals surface area contributed by atoms with Crippen molar-refractivity contribution in [3.63, 3.8) is 0 Å². The minimum Gasteiger partial charge on any atom is -1.00 e. The molecular formula is C49H52Cl2Zr. The van der Waals surface area contributed by atoms with Gasteiger partial charge in [-0.15, -0.1) is 0 Å². The van der Waals surface area contributed by atoms with Gasteiger partial charge in [0, 0.05) is 5.92 Å². The molecule has 5 aromatic rings. The average Bonchev–Trinajstić information content (AvgIpc) is 3.70. The first kappa shape index (κ1) is 41.8. The van der Waals surface area contributed by atoms with Crippen LogP contribution in [0.1, 0.15) is 114 Å². The summed E-state index contributed by atoms with van der Waals surface area (Å²) in [5.74, 6) is 0.231. The van der Waals surface area contributed by atoms with Gasteiger partial charge in [-0.2, -0.15) is 0 Å². The van der Waals surface area contributed by atoms with Crippen LogP contribution in [0.15, 0.2) is 121 Å². The van der Waals surface area contributed by atoms with Gasteiger partial charge in [0.05, 0.1) is 0 Å². The first-order chi connectivity index (χ1) is 23.2. The Bertz CT molecular complexity index is 2080. The van der Waals surface area contributed by atoms with E-state index < -0.39 is 0 Å². The molecule has 0 heterocycles. The van der Waals surface area contributed by atoms with Crippen molar-refractivity contribution in [2.75, 3.05) is 0 Å². The van der Waals surface area contributed by atoms with Gasteiger partial charge in [-0.25, -0.2) is 0 Å². The van der Waals surface area contributed by atoms with Crippen LogP contribution in [0, 0.1) is 0 Å². The van der Waals surface area contributed by atoms with Crippen molar-refractivity contribution in [3.8, 4) is 33.4 Å². The van der Waals surface area contributed by atoms with Crippen molar-refractivity contribution < 1.29 is 51.0 Å². The van der Waals surface area contributed by atoms with Crippen LogP contribution in [0.5, 0.6) is 0 Å². The van der Waals surface area contributed by atoms with Crippen molar-refractivity contribution in [2.45, 2.75) is 97.3 Å². The molecule has 0 saturated heterocycles. The van der Waals surface area contributed by atoms with Crippen LogP contribution >= 0.6 is 0 Å². The van der Waals surface area contributed by atoms with Gasteiger partial charge in [-0.3, -0.25) is 0 Å². The molecule has 0 aromatic heterocycles. The second-order valence-electron chi connectivity index (χ2n) is 17.4. The van der Waals surface area contributed by atoms with Gasteiger partial charge in [0.15, 0.2) is 0 Å². The molecule has 1 unspecified atom stereocenters. The van der Waals surface area contributed by atoms with Crippen LogP contribution in [0.2, 0.25) is 0 Å². The Kier molecular flexibility index (Phi) is 12.7. The fourth-order valence-corrected chi connectivity index (χ4v) is 8.10. The Morgan fingerprint density at radius 2 is 1.12 bits per heavy atom. The molecule has 266 valence electrons. The van der Waals surface area contributed by atoms with Gasteiger partial charge < -0.3 is 24.8 Å². The summed E-state index contributed by atoms with van der Waals surface area (Å²) >= 11 is 0. The van der Waals surface area contributed by atoms with E-state index in [-0.39, 0.29) is 73.2 Å². The standard InChI is InChI=1S/C49H52.2ClH.Zr/c1-47(2,3)36-26-24-32(25-27-36)28-40-38-29-37(33-18-12-10-13-19-33)42(48(4,5)6)30-39(38)41-31-43(49(7,8)9)44(34-20-14-11-15-21-34)45(46(40)41)35-22-16-17-23-35;;;/h10-22,24-27,29-31,40H,23,28H2,1-9H3;2*1H;/q;;;+2/p-2. The SMILES string of the molecule is CC(C)(C)c1ccc(CC2c3cc(-c4ccccc4)c(C(C)(C)C)cc3-c3cc(C(C)(C)C)c(-c4ccccc4)c(C4=CC=CC4)c32)cc1.[Cl-].[Cl-].[Zr+2]. The fraction of sp³-hybridized carbons (Fsp3) is 0.306. The van der Waals surface area contributed by atoms with E-state index in [9.17, 15) is 0 Å². The van der Waals surface area contributed by atoms with E-state index in [2.05, 4.69) is 184 Å². The molecule has 0 nitrogen and oxygen atoms in total. The number of fused-ring (bicyclic) bond motifs is 3. The van der Waals surface area contributed by atoms with Gasteiger partial charge in [0.25, 0.3) is 0 Å². The number of hydrogen-bond acceptors (Lipinski definition) is 0. The molecule has 0 amide bonds. The molecule has 0 saturated carbocycles. The third-order valence-corrected chi connectivity index (χ3v) is 10.7. The average molecular weight is 803 g/mol. The predicted octanol–water partition coefficient (Wildman–Crippen LogP) is 7.62. The zero-order valence-corrected chi connectivity index (χ0v) is 36.3. The maximum absolute atomic E-state index is 2.58. The molecule has 2 aliphatic rings. The van der Waals surface area contributed by atoms with Crippen molar-refractivity contribution in [1.82, 2.24) is 0 Å². The summed E-state index contributed by atoms with van der Waals surface area (Å²) in [6, 6.07) is 39.4. The smallest absolute Gasteiger partial charge is 1.00 e. The molecule has 1 atom stereocenters. The molecule has 52 heavy (non-hydrogen) atoms. The molecule has 2 aliphatic carbocycles. The molecule has 0 aliphatic heterocycles. The zero-order valence-electron chi connectivity index (χ0n) is 32.3. The number of allylic oxidation sites excluding steroid dienone is 4.